The highest BCUT2D eigenvalue weighted by atomic mass is 16.5. The molecule has 0 saturated heterocycles. The Morgan fingerprint density at radius 2 is 1.66 bits per heavy atom. The van der Waals surface area contributed by atoms with Crippen molar-refractivity contribution in [2.45, 2.75) is 44.3 Å². The van der Waals surface area contributed by atoms with Gasteiger partial charge in [-0.25, -0.2) is 4.79 Å². The van der Waals surface area contributed by atoms with Crippen molar-refractivity contribution in [2.24, 2.45) is 5.92 Å². The Kier molecular flexibility index (Phi) is 5.95. The first-order valence-electron chi connectivity index (χ1n) is 11.5. The number of hydrogen-bond donors (Lipinski definition) is 1. The average molecular weight is 429 g/mol. The number of carbonyl (C=O) groups is 1. The second kappa shape index (κ2) is 9.17. The summed E-state index contributed by atoms with van der Waals surface area (Å²) in [6, 6.07) is 24.0. The second-order valence-electron chi connectivity index (χ2n) is 8.85. The monoisotopic (exact) mass is 428 g/mol. The van der Waals surface area contributed by atoms with Gasteiger partial charge in [-0.2, -0.15) is 0 Å². The molecular weight excluding hydrogens is 400 g/mol. The van der Waals surface area contributed by atoms with Gasteiger partial charge in [-0.3, -0.25) is 0 Å². The quantitative estimate of drug-likeness (QED) is 0.527. The molecule has 1 heterocycles. The number of fused-ring (bicyclic) bond motifs is 1. The first kappa shape index (κ1) is 20.8. The first-order chi connectivity index (χ1) is 15.7. The van der Waals surface area contributed by atoms with Crippen LogP contribution in [0.5, 0.6) is 5.75 Å². The van der Waals surface area contributed by atoms with Gasteiger partial charge in [0.1, 0.15) is 11.9 Å². The summed E-state index contributed by atoms with van der Waals surface area (Å²) in [4.78, 5) is 12.5. The Labute approximate surface area is 188 Å². The molecule has 0 amide bonds. The molecule has 1 N–H and O–H groups in total. The number of aliphatic hydroxyl groups excluding tert-OH is 1. The van der Waals surface area contributed by atoms with E-state index in [0.717, 1.165) is 43.2 Å². The van der Waals surface area contributed by atoms with Crippen LogP contribution in [0.25, 0.3) is 11.1 Å². The number of hydrogen-bond acceptors (Lipinski definition) is 4. The van der Waals surface area contributed by atoms with E-state index in [0.29, 0.717) is 17.9 Å². The molecule has 0 unspecified atom stereocenters. The Morgan fingerprint density at radius 3 is 2.41 bits per heavy atom. The van der Waals surface area contributed by atoms with Crippen molar-refractivity contribution < 1.29 is 19.4 Å². The van der Waals surface area contributed by atoms with E-state index >= 15 is 0 Å². The number of carbonyl (C=O) groups excluding carboxylic acids is 1. The van der Waals surface area contributed by atoms with Crippen LogP contribution < -0.4 is 4.74 Å². The molecule has 4 nitrogen and oxygen atoms in total. The summed E-state index contributed by atoms with van der Waals surface area (Å²) in [5, 5.41) is 11.0. The third-order valence-corrected chi connectivity index (χ3v) is 6.60. The lowest BCUT2D eigenvalue weighted by Crippen LogP contribution is -2.28. The van der Waals surface area contributed by atoms with Crippen LogP contribution in [-0.2, 0) is 11.2 Å². The molecule has 1 saturated carbocycles. The molecule has 1 aliphatic carbocycles. The smallest absolute Gasteiger partial charge is 0.338 e. The fourth-order valence-corrected chi connectivity index (χ4v) is 4.74. The minimum atomic E-state index is -0.632. The highest BCUT2D eigenvalue weighted by molar-refractivity contribution is 5.90. The summed E-state index contributed by atoms with van der Waals surface area (Å²) in [5.41, 5.74) is 4.75. The maximum absolute atomic E-state index is 12.5. The van der Waals surface area contributed by atoms with Gasteiger partial charge < -0.3 is 14.6 Å². The van der Waals surface area contributed by atoms with Gasteiger partial charge in [-0.05, 0) is 60.9 Å². The zero-order chi connectivity index (χ0) is 21.9. The largest absolute Gasteiger partial charge is 0.493 e. The molecule has 32 heavy (non-hydrogen) atoms. The molecule has 1 aliphatic heterocycles. The normalized spacial score (nSPS) is 20.4. The van der Waals surface area contributed by atoms with Crippen molar-refractivity contribution >= 4 is 5.97 Å². The average Bonchev–Trinajstić information content (AvgIpc) is 3.35. The van der Waals surface area contributed by atoms with Crippen molar-refractivity contribution in [1.29, 1.82) is 0 Å². The first-order valence-corrected chi connectivity index (χ1v) is 11.5. The summed E-state index contributed by atoms with van der Waals surface area (Å²) >= 11 is 0. The summed E-state index contributed by atoms with van der Waals surface area (Å²) in [7, 11) is 0. The Hall–Kier alpha value is -3.11. The fourth-order valence-electron chi connectivity index (χ4n) is 4.74. The van der Waals surface area contributed by atoms with Crippen molar-refractivity contribution in [1.82, 2.24) is 0 Å². The summed E-state index contributed by atoms with van der Waals surface area (Å²) in [6.45, 7) is 0.412. The predicted octanol–water partition coefficient (Wildman–Crippen LogP) is 5.74. The van der Waals surface area contributed by atoms with Gasteiger partial charge in [0.25, 0.3) is 0 Å². The summed E-state index contributed by atoms with van der Waals surface area (Å²) in [6.07, 6.45) is 4.25. The van der Waals surface area contributed by atoms with Crippen LogP contribution in [0.4, 0.5) is 0 Å². The minimum absolute atomic E-state index is 0.0303. The van der Waals surface area contributed by atoms with Gasteiger partial charge in [-0.1, -0.05) is 60.7 Å². The van der Waals surface area contributed by atoms with Crippen molar-refractivity contribution in [3.8, 4) is 16.9 Å². The molecule has 0 bridgehead atoms. The van der Waals surface area contributed by atoms with Gasteiger partial charge in [0.15, 0.2) is 0 Å². The van der Waals surface area contributed by atoms with E-state index in [-0.39, 0.29) is 18.0 Å². The highest BCUT2D eigenvalue weighted by Crippen LogP contribution is 2.38. The lowest BCUT2D eigenvalue weighted by Gasteiger charge is -2.30. The Morgan fingerprint density at radius 1 is 0.938 bits per heavy atom. The molecule has 0 radical (unpaired) electrons. The van der Waals surface area contributed by atoms with Gasteiger partial charge in [0, 0.05) is 11.5 Å². The molecular formula is C28H28O4. The molecule has 0 aromatic heterocycles. The lowest BCUT2D eigenvalue weighted by atomic mass is 9.87. The molecule has 5 rings (SSSR count). The van der Waals surface area contributed by atoms with E-state index < -0.39 is 6.10 Å². The second-order valence-corrected chi connectivity index (χ2v) is 8.85. The van der Waals surface area contributed by atoms with Gasteiger partial charge >= 0.3 is 5.97 Å². The molecule has 4 heteroatoms. The zero-order valence-electron chi connectivity index (χ0n) is 18.1. The Balaban J connectivity index is 1.25. The van der Waals surface area contributed by atoms with Crippen LogP contribution in [0.15, 0.2) is 72.8 Å². The van der Waals surface area contributed by atoms with Crippen LogP contribution in [0.1, 0.15) is 53.3 Å². The molecule has 3 aromatic rings. The third kappa shape index (κ3) is 4.42. The topological polar surface area (TPSA) is 55.8 Å². The predicted molar refractivity (Wildman–Crippen MR) is 124 cm³/mol. The molecule has 1 fully saturated rings. The van der Waals surface area contributed by atoms with Crippen LogP contribution in [0, 0.1) is 5.92 Å². The van der Waals surface area contributed by atoms with Crippen LogP contribution in [0.3, 0.4) is 0 Å². The van der Waals surface area contributed by atoms with Crippen LogP contribution >= 0.6 is 0 Å². The number of ether oxygens (including phenoxy) is 2. The number of aliphatic hydroxyl groups is 1. The molecule has 0 spiro atoms. The van der Waals surface area contributed by atoms with Crippen molar-refractivity contribution in [3.63, 3.8) is 0 Å². The number of esters is 1. The van der Waals surface area contributed by atoms with Gasteiger partial charge in [0.2, 0.25) is 0 Å². The van der Waals surface area contributed by atoms with E-state index in [4.69, 9.17) is 9.47 Å². The van der Waals surface area contributed by atoms with E-state index in [1.165, 1.54) is 11.1 Å². The van der Waals surface area contributed by atoms with Crippen LogP contribution in [0.2, 0.25) is 0 Å². The third-order valence-electron chi connectivity index (χ3n) is 6.60. The van der Waals surface area contributed by atoms with Crippen molar-refractivity contribution in [3.05, 3.63) is 89.5 Å². The number of rotatable bonds is 5. The summed E-state index contributed by atoms with van der Waals surface area (Å²) < 4.78 is 11.6. The maximum atomic E-state index is 12.5. The zero-order valence-corrected chi connectivity index (χ0v) is 18.1. The Bertz CT molecular complexity index is 1070. The molecule has 3 aromatic carbocycles. The van der Waals surface area contributed by atoms with Gasteiger partial charge in [0.05, 0.1) is 18.3 Å². The molecule has 2 aliphatic rings. The lowest BCUT2D eigenvalue weighted by molar-refractivity contribution is 0.0312. The van der Waals surface area contributed by atoms with E-state index in [9.17, 15) is 9.90 Å². The standard InChI is InChI=1S/C28H28O4/c29-27-23(16-19-10-12-21(13-11-19)20-6-2-1-3-7-20)18-31-26-17-22(14-15-25(26)27)28(30)32-24-8-4-5-9-24/h1-3,6-7,10-15,17,23-24,27,29H,4-5,8-9,16,18H2/t23-,27+/m0/s1. The van der Waals surface area contributed by atoms with Crippen molar-refractivity contribution in [2.75, 3.05) is 6.61 Å². The minimum Gasteiger partial charge on any atom is -0.493 e. The molecule has 2 atom stereocenters. The van der Waals surface area contributed by atoms with Gasteiger partial charge in [-0.15, -0.1) is 0 Å². The van der Waals surface area contributed by atoms with E-state index in [1.807, 2.05) is 18.2 Å². The van der Waals surface area contributed by atoms with E-state index in [1.54, 1.807) is 18.2 Å². The highest BCUT2D eigenvalue weighted by Gasteiger charge is 2.30. The molecule has 164 valence electrons. The fraction of sp³-hybridized carbons (Fsp3) is 0.321. The maximum Gasteiger partial charge on any atom is 0.338 e. The SMILES string of the molecule is O=C(OC1CCCC1)c1ccc2c(c1)OC[C@H](Cc1ccc(-c3ccccc3)cc1)[C@H]2O. The summed E-state index contributed by atoms with van der Waals surface area (Å²) in [5.74, 6) is 0.230. The number of benzene rings is 3. The van der Waals surface area contributed by atoms with E-state index in [2.05, 4.69) is 36.4 Å². The van der Waals surface area contributed by atoms with Crippen LogP contribution in [-0.4, -0.2) is 23.8 Å².